The molecule has 5 nitrogen and oxygen atoms in total. The number of anilines is 1. The summed E-state index contributed by atoms with van der Waals surface area (Å²) in [5.41, 5.74) is -0.750. The summed E-state index contributed by atoms with van der Waals surface area (Å²) in [6.07, 6.45) is -5.66. The van der Waals surface area contributed by atoms with Gasteiger partial charge in [-0.1, -0.05) is 35.3 Å². The first-order valence-corrected chi connectivity index (χ1v) is 9.60. The molecule has 0 saturated carbocycles. The molecular weight excluding hydrogens is 487 g/mol. The fraction of sp³-hybridized carbons (Fsp3) is 0.263. The van der Waals surface area contributed by atoms with Gasteiger partial charge in [-0.3, -0.25) is 4.79 Å². The summed E-state index contributed by atoms with van der Waals surface area (Å²) in [7, 11) is 0. The highest BCUT2D eigenvalue weighted by molar-refractivity contribution is 6.33. The molecule has 172 valence electrons. The van der Waals surface area contributed by atoms with E-state index in [4.69, 9.17) is 23.2 Å². The molecule has 1 aromatic carbocycles. The lowest BCUT2D eigenvalue weighted by Gasteiger charge is -2.25. The van der Waals surface area contributed by atoms with Gasteiger partial charge in [-0.25, -0.2) is 4.98 Å². The van der Waals surface area contributed by atoms with Crippen LogP contribution in [-0.2, 0) is 17.5 Å². The van der Waals surface area contributed by atoms with E-state index in [1.807, 2.05) is 0 Å². The Morgan fingerprint density at radius 1 is 1.16 bits per heavy atom. The van der Waals surface area contributed by atoms with E-state index in [-0.39, 0.29) is 34.4 Å². The Labute approximate surface area is 187 Å². The number of carbonyl (C=O) groups is 1. The largest absolute Gasteiger partial charge is 0.573 e. The van der Waals surface area contributed by atoms with Crippen molar-refractivity contribution in [1.82, 2.24) is 10.3 Å². The summed E-state index contributed by atoms with van der Waals surface area (Å²) in [6.45, 7) is -0.150. The molecule has 2 aromatic rings. The lowest BCUT2D eigenvalue weighted by Crippen LogP contribution is -2.42. The molecule has 1 aromatic heterocycles. The second-order valence-corrected chi connectivity index (χ2v) is 7.42. The Balaban J connectivity index is 1.70. The van der Waals surface area contributed by atoms with Crippen molar-refractivity contribution in [1.29, 1.82) is 0 Å². The molecule has 0 radical (unpaired) electrons. The fourth-order valence-electron chi connectivity index (χ4n) is 2.92. The van der Waals surface area contributed by atoms with E-state index in [1.165, 1.54) is 23.2 Å². The van der Waals surface area contributed by atoms with Gasteiger partial charge in [-0.05, 0) is 30.2 Å². The molecule has 0 bridgehead atoms. The van der Waals surface area contributed by atoms with Crippen molar-refractivity contribution in [2.75, 3.05) is 4.90 Å². The SMILES string of the molecule is O=C(NCc1ccc(Cl)c(OC(F)(F)F)c1)C1CC=CN1c1ncc(C(F)(F)F)cc1Cl. The highest BCUT2D eigenvalue weighted by Crippen LogP contribution is 2.35. The van der Waals surface area contributed by atoms with Crippen LogP contribution in [0.25, 0.3) is 0 Å². The number of rotatable bonds is 5. The van der Waals surface area contributed by atoms with Gasteiger partial charge in [0.25, 0.3) is 0 Å². The number of ether oxygens (including phenoxy) is 1. The number of nitrogens with zero attached hydrogens (tertiary/aromatic N) is 2. The van der Waals surface area contributed by atoms with Crippen LogP contribution < -0.4 is 15.0 Å². The molecule has 13 heteroatoms. The zero-order valence-electron chi connectivity index (χ0n) is 15.8. The maximum absolute atomic E-state index is 12.8. The van der Waals surface area contributed by atoms with Crippen LogP contribution >= 0.6 is 23.2 Å². The number of carbonyl (C=O) groups excluding carboxylic acids is 1. The average Bonchev–Trinajstić information content (AvgIpc) is 3.16. The Kier molecular flexibility index (Phi) is 6.80. The Morgan fingerprint density at radius 2 is 1.88 bits per heavy atom. The van der Waals surface area contributed by atoms with Crippen molar-refractivity contribution in [2.45, 2.75) is 31.5 Å². The Bertz CT molecular complexity index is 1040. The van der Waals surface area contributed by atoms with Crippen molar-refractivity contribution < 1.29 is 35.9 Å². The van der Waals surface area contributed by atoms with Crippen LogP contribution in [-0.4, -0.2) is 23.3 Å². The number of hydrogen-bond donors (Lipinski definition) is 1. The lowest BCUT2D eigenvalue weighted by atomic mass is 10.1. The normalized spacial score (nSPS) is 16.4. The Morgan fingerprint density at radius 3 is 2.50 bits per heavy atom. The van der Waals surface area contributed by atoms with Crippen LogP contribution in [0.5, 0.6) is 5.75 Å². The molecule has 1 unspecified atom stereocenters. The van der Waals surface area contributed by atoms with Crippen LogP contribution in [0.15, 0.2) is 42.7 Å². The molecule has 1 N–H and O–H groups in total. The van der Waals surface area contributed by atoms with Gasteiger partial charge in [0.15, 0.2) is 5.82 Å². The zero-order chi connectivity index (χ0) is 23.7. The minimum absolute atomic E-state index is 0.0408. The number of benzene rings is 1. The topological polar surface area (TPSA) is 54.5 Å². The van der Waals surface area contributed by atoms with Gasteiger partial charge in [-0.2, -0.15) is 13.2 Å². The van der Waals surface area contributed by atoms with Gasteiger partial charge in [0.2, 0.25) is 5.91 Å². The number of nitrogens with one attached hydrogen (secondary N) is 1. The first-order valence-electron chi connectivity index (χ1n) is 8.85. The molecule has 2 heterocycles. The van der Waals surface area contributed by atoms with E-state index < -0.39 is 35.8 Å². The Hall–Kier alpha value is -2.66. The van der Waals surface area contributed by atoms with Gasteiger partial charge >= 0.3 is 12.5 Å². The van der Waals surface area contributed by atoms with Crippen molar-refractivity contribution in [3.05, 3.63) is 63.9 Å². The van der Waals surface area contributed by atoms with Crippen molar-refractivity contribution in [3.8, 4) is 5.75 Å². The molecular formula is C19H13Cl2F6N3O2. The molecule has 0 fully saturated rings. The number of aromatic nitrogens is 1. The number of pyridine rings is 1. The van der Waals surface area contributed by atoms with Gasteiger partial charge in [0, 0.05) is 18.9 Å². The van der Waals surface area contributed by atoms with Gasteiger partial charge in [0.05, 0.1) is 15.6 Å². The third-order valence-corrected chi connectivity index (χ3v) is 4.94. The minimum atomic E-state index is -4.94. The molecule has 1 aliphatic rings. The highest BCUT2D eigenvalue weighted by Gasteiger charge is 2.34. The average molecular weight is 500 g/mol. The quantitative estimate of drug-likeness (QED) is 0.535. The van der Waals surface area contributed by atoms with Crippen molar-refractivity contribution in [2.24, 2.45) is 0 Å². The molecule has 0 spiro atoms. The molecule has 0 saturated heterocycles. The lowest BCUT2D eigenvalue weighted by molar-refractivity contribution is -0.274. The molecule has 1 aliphatic heterocycles. The van der Waals surface area contributed by atoms with E-state index in [2.05, 4.69) is 15.0 Å². The van der Waals surface area contributed by atoms with E-state index in [9.17, 15) is 31.1 Å². The van der Waals surface area contributed by atoms with E-state index in [1.54, 1.807) is 6.08 Å². The molecule has 0 aliphatic carbocycles. The third-order valence-electron chi connectivity index (χ3n) is 4.35. The summed E-state index contributed by atoms with van der Waals surface area (Å²) < 4.78 is 79.7. The fourth-order valence-corrected chi connectivity index (χ4v) is 3.34. The van der Waals surface area contributed by atoms with Crippen LogP contribution in [0.1, 0.15) is 17.5 Å². The van der Waals surface area contributed by atoms with Crippen LogP contribution in [0.4, 0.5) is 32.2 Å². The minimum Gasteiger partial charge on any atom is -0.404 e. The summed E-state index contributed by atoms with van der Waals surface area (Å²) in [5, 5.41) is 2.00. The third kappa shape index (κ3) is 5.77. The van der Waals surface area contributed by atoms with Crippen molar-refractivity contribution in [3.63, 3.8) is 0 Å². The number of amides is 1. The predicted molar refractivity (Wildman–Crippen MR) is 104 cm³/mol. The molecule has 3 rings (SSSR count). The second-order valence-electron chi connectivity index (χ2n) is 6.60. The van der Waals surface area contributed by atoms with Crippen LogP contribution in [0.2, 0.25) is 10.0 Å². The molecule has 1 amide bonds. The first-order chi connectivity index (χ1) is 14.8. The monoisotopic (exact) mass is 499 g/mol. The highest BCUT2D eigenvalue weighted by atomic mass is 35.5. The second kappa shape index (κ2) is 9.07. The summed E-state index contributed by atoms with van der Waals surface area (Å²) >= 11 is 11.6. The maximum atomic E-state index is 12.8. The van der Waals surface area contributed by atoms with Crippen LogP contribution in [0, 0.1) is 0 Å². The predicted octanol–water partition coefficient (Wildman–Crippen LogP) is 5.71. The number of alkyl halides is 6. The standard InChI is InChI=1S/C19H13Cl2F6N3O2/c20-12-4-3-10(6-15(12)32-19(25,26)27)8-29-17(31)14-2-1-5-30(14)16-13(21)7-11(9-28-16)18(22,23)24/h1,3-7,9,14H,2,8H2,(H,29,31). The molecule has 32 heavy (non-hydrogen) atoms. The van der Waals surface area contributed by atoms with E-state index in [0.29, 0.717) is 12.3 Å². The van der Waals surface area contributed by atoms with Crippen LogP contribution in [0.3, 0.4) is 0 Å². The van der Waals surface area contributed by atoms with Gasteiger partial charge < -0.3 is 15.0 Å². The van der Waals surface area contributed by atoms with E-state index >= 15 is 0 Å². The summed E-state index contributed by atoms with van der Waals surface area (Å²) in [6, 6.07) is 3.48. The smallest absolute Gasteiger partial charge is 0.404 e. The molecule has 1 atom stereocenters. The number of hydrogen-bond acceptors (Lipinski definition) is 4. The van der Waals surface area contributed by atoms with Crippen molar-refractivity contribution >= 4 is 34.9 Å². The number of halogens is 8. The maximum Gasteiger partial charge on any atom is 0.573 e. The van der Waals surface area contributed by atoms with Gasteiger partial charge in [-0.15, -0.1) is 13.2 Å². The van der Waals surface area contributed by atoms with E-state index in [0.717, 1.165) is 6.07 Å². The first kappa shape index (κ1) is 24.0. The summed E-state index contributed by atoms with van der Waals surface area (Å²) in [5.74, 6) is -1.20. The van der Waals surface area contributed by atoms with Gasteiger partial charge in [0.1, 0.15) is 11.8 Å². The summed E-state index contributed by atoms with van der Waals surface area (Å²) in [4.78, 5) is 17.7. The zero-order valence-corrected chi connectivity index (χ0v) is 17.3.